The van der Waals surface area contributed by atoms with Gasteiger partial charge in [0.1, 0.15) is 0 Å². The Morgan fingerprint density at radius 1 is 1.24 bits per heavy atom. The van der Waals surface area contributed by atoms with Gasteiger partial charge in [0, 0.05) is 6.42 Å². The molecular weight excluding hydrogens is 218 g/mol. The van der Waals surface area contributed by atoms with Gasteiger partial charge in [-0.3, -0.25) is 9.59 Å². The summed E-state index contributed by atoms with van der Waals surface area (Å²) >= 11 is 0. The van der Waals surface area contributed by atoms with Gasteiger partial charge in [0.2, 0.25) is 0 Å². The van der Waals surface area contributed by atoms with Crippen LogP contribution in [0.2, 0.25) is 6.82 Å². The van der Waals surface area contributed by atoms with Crippen LogP contribution in [-0.2, 0) is 14.2 Å². The molecule has 0 aromatic carbocycles. The fourth-order valence-electron chi connectivity index (χ4n) is 0.0876. The first-order chi connectivity index (χ1) is 7.87. The van der Waals surface area contributed by atoms with E-state index in [0.29, 0.717) is 6.47 Å². The van der Waals surface area contributed by atoms with Crippen LogP contribution in [0.25, 0.3) is 0 Å². The highest BCUT2D eigenvalue weighted by atomic mass is 16.5. The van der Waals surface area contributed by atoms with E-state index in [4.69, 9.17) is 12.8 Å². The van der Waals surface area contributed by atoms with Crippen LogP contribution in [0.4, 0.5) is 0 Å². The summed E-state index contributed by atoms with van der Waals surface area (Å²) in [5.41, 5.74) is 0. The van der Waals surface area contributed by atoms with Crippen molar-refractivity contribution in [3.63, 3.8) is 0 Å². The molecule has 0 aliphatic heterocycles. The molecule has 0 atom stereocenters. The molecule has 0 bridgehead atoms. The number of carbonyl (C=O) groups excluding carboxylic acids is 1. The lowest BCUT2D eigenvalue weighted by molar-refractivity contribution is -0.136. The molecule has 2 radical (unpaired) electrons. The van der Waals surface area contributed by atoms with Crippen LogP contribution < -0.4 is 0 Å². The highest BCUT2D eigenvalue weighted by Gasteiger charge is 1.92. The average Bonchev–Trinajstić information content (AvgIpc) is 2.20. The van der Waals surface area contributed by atoms with E-state index in [9.17, 15) is 9.59 Å². The number of carboxylic acids is 1. The van der Waals surface area contributed by atoms with Crippen LogP contribution in [0.5, 0.6) is 0 Å². The monoisotopic (exact) mass is 244 g/mol. The molecule has 0 rings (SSSR count). The van der Waals surface area contributed by atoms with E-state index in [1.165, 1.54) is 12.8 Å². The molecule has 0 heterocycles. The van der Waals surface area contributed by atoms with Crippen molar-refractivity contribution < 1.29 is 19.3 Å². The molecule has 6 heteroatoms. The SMILES string of the molecule is CCC.CCC.CCC(=O)O.[B]B(C)OC=O. The van der Waals surface area contributed by atoms with Gasteiger partial charge in [-0.1, -0.05) is 54.3 Å². The summed E-state index contributed by atoms with van der Waals surface area (Å²) in [7, 11) is 4.95. The molecule has 0 aliphatic rings. The Hall–Kier alpha value is -0.930. The van der Waals surface area contributed by atoms with Gasteiger partial charge in [-0.25, -0.2) is 0 Å². The fraction of sp³-hybridized carbons (Fsp3) is 0.818. The number of rotatable bonds is 3. The Labute approximate surface area is 108 Å². The Balaban J connectivity index is -0.0000000698. The molecule has 0 unspecified atom stereocenters. The topological polar surface area (TPSA) is 63.6 Å². The van der Waals surface area contributed by atoms with Crippen molar-refractivity contribution in [1.82, 2.24) is 0 Å². The molecule has 0 spiro atoms. The van der Waals surface area contributed by atoms with Crippen molar-refractivity contribution in [3.8, 4) is 0 Å². The van der Waals surface area contributed by atoms with E-state index in [1.807, 2.05) is 0 Å². The van der Waals surface area contributed by atoms with Gasteiger partial charge in [-0.2, -0.15) is 0 Å². The summed E-state index contributed by atoms with van der Waals surface area (Å²) in [4.78, 5) is 18.7. The Morgan fingerprint density at radius 3 is 1.47 bits per heavy atom. The van der Waals surface area contributed by atoms with E-state index in [0.717, 1.165) is 0 Å². The van der Waals surface area contributed by atoms with E-state index < -0.39 is 12.8 Å². The number of hydrogen-bond donors (Lipinski definition) is 1. The van der Waals surface area contributed by atoms with Crippen LogP contribution >= 0.6 is 0 Å². The van der Waals surface area contributed by atoms with E-state index in [-0.39, 0.29) is 6.42 Å². The van der Waals surface area contributed by atoms with Crippen molar-refractivity contribution in [1.29, 1.82) is 0 Å². The van der Waals surface area contributed by atoms with E-state index in [1.54, 1.807) is 13.7 Å². The van der Waals surface area contributed by atoms with Crippen LogP contribution in [-0.4, -0.2) is 32.1 Å². The molecule has 0 aromatic rings. The summed E-state index contributed by atoms with van der Waals surface area (Å²) in [5, 5.41) is 7.72. The summed E-state index contributed by atoms with van der Waals surface area (Å²) in [6.07, 6.45) is 2.72. The molecule has 0 saturated carbocycles. The number of carbonyl (C=O) groups is 2. The van der Waals surface area contributed by atoms with Gasteiger partial charge in [-0.15, -0.1) is 0 Å². The Bertz CT molecular complexity index is 139. The zero-order valence-electron chi connectivity index (χ0n) is 12.0. The predicted molar refractivity (Wildman–Crippen MR) is 74.4 cm³/mol. The zero-order valence-corrected chi connectivity index (χ0v) is 12.0. The van der Waals surface area contributed by atoms with Crippen molar-refractivity contribution in [2.24, 2.45) is 0 Å². The highest BCUT2D eigenvalue weighted by molar-refractivity contribution is 6.99. The second kappa shape index (κ2) is 29.4. The molecule has 4 nitrogen and oxygen atoms in total. The second-order valence-electron chi connectivity index (χ2n) is 3.10. The van der Waals surface area contributed by atoms with Gasteiger partial charge in [0.25, 0.3) is 13.3 Å². The van der Waals surface area contributed by atoms with Gasteiger partial charge >= 0.3 is 5.97 Å². The Kier molecular flexibility index (Phi) is 43.4. The molecule has 0 aromatic heterocycles. The number of hydrogen-bond acceptors (Lipinski definition) is 3. The summed E-state index contributed by atoms with van der Waals surface area (Å²) in [6, 6.07) is 0. The predicted octanol–water partition coefficient (Wildman–Crippen LogP) is 2.76. The smallest absolute Gasteiger partial charge is 0.303 e. The maximum atomic E-state index is 9.37. The van der Waals surface area contributed by atoms with Gasteiger partial charge in [-0.05, 0) is 0 Å². The van der Waals surface area contributed by atoms with Gasteiger partial charge in [0.15, 0.2) is 0 Å². The first kappa shape index (κ1) is 25.1. The molecule has 17 heavy (non-hydrogen) atoms. The number of carboxylic acid groups (broad SMARTS) is 1. The molecule has 0 fully saturated rings. The minimum absolute atomic E-state index is 0.222. The van der Waals surface area contributed by atoms with Crippen molar-refractivity contribution in [3.05, 3.63) is 0 Å². The van der Waals surface area contributed by atoms with Crippen LogP contribution in [0.3, 0.4) is 0 Å². The lowest BCUT2D eigenvalue weighted by atomic mass is 9.49. The van der Waals surface area contributed by atoms with Gasteiger partial charge < -0.3 is 9.76 Å². The quantitative estimate of drug-likeness (QED) is 0.612. The maximum Gasteiger partial charge on any atom is 0.303 e. The average molecular weight is 244 g/mol. The lowest BCUT2D eigenvalue weighted by Gasteiger charge is -1.92. The molecular formula is C11H26B2O4. The third kappa shape index (κ3) is 155. The van der Waals surface area contributed by atoms with Crippen molar-refractivity contribution >= 4 is 27.0 Å². The van der Waals surface area contributed by atoms with Gasteiger partial charge in [0.05, 0.1) is 7.74 Å². The largest absolute Gasteiger partial charge is 0.548 e. The van der Waals surface area contributed by atoms with E-state index >= 15 is 0 Å². The maximum absolute atomic E-state index is 9.37. The summed E-state index contributed by atoms with van der Waals surface area (Å²) in [6.45, 7) is 11.5. The molecule has 0 saturated heterocycles. The summed E-state index contributed by atoms with van der Waals surface area (Å²) in [5.74, 6) is -0.745. The van der Waals surface area contributed by atoms with Crippen molar-refractivity contribution in [2.45, 2.75) is 60.7 Å². The van der Waals surface area contributed by atoms with E-state index in [2.05, 4.69) is 32.3 Å². The normalized spacial score (nSPS) is 6.71. The number of aliphatic carboxylic acids is 1. The van der Waals surface area contributed by atoms with Crippen LogP contribution in [0.1, 0.15) is 53.9 Å². The molecule has 0 aliphatic carbocycles. The van der Waals surface area contributed by atoms with Crippen LogP contribution in [0, 0.1) is 0 Å². The zero-order chi connectivity index (χ0) is 14.7. The Morgan fingerprint density at radius 2 is 1.47 bits per heavy atom. The standard InChI is InChI=1S/C3H6O2.2C3H8.C2H4B2O2/c1-2-3(4)5;2*1-3-2;1-4(3)6-2-5/h2H2,1H3,(H,4,5);2*3H2,1-2H3;2H,1H3. The third-order valence-corrected chi connectivity index (χ3v) is 0.573. The first-order valence-corrected chi connectivity index (χ1v) is 5.93. The first-order valence-electron chi connectivity index (χ1n) is 5.93. The summed E-state index contributed by atoms with van der Waals surface area (Å²) < 4.78 is 4.14. The minimum atomic E-state index is -0.745. The molecule has 100 valence electrons. The lowest BCUT2D eigenvalue weighted by Crippen LogP contribution is -2.10. The fourth-order valence-corrected chi connectivity index (χ4v) is 0.0876. The third-order valence-electron chi connectivity index (χ3n) is 0.573. The molecule has 1 N–H and O–H groups in total. The highest BCUT2D eigenvalue weighted by Crippen LogP contribution is 1.68. The minimum Gasteiger partial charge on any atom is -0.548 e. The van der Waals surface area contributed by atoms with Crippen molar-refractivity contribution in [2.75, 3.05) is 0 Å². The molecule has 0 amide bonds. The van der Waals surface area contributed by atoms with Crippen LogP contribution in [0.15, 0.2) is 0 Å². The second-order valence-corrected chi connectivity index (χ2v) is 3.10.